The molecule has 0 heterocycles. The van der Waals surface area contributed by atoms with Crippen molar-refractivity contribution in [2.24, 2.45) is 0 Å². The average Bonchev–Trinajstić information content (AvgIpc) is 3.10. The highest BCUT2D eigenvalue weighted by atomic mass is 16.5. The van der Waals surface area contributed by atoms with Crippen molar-refractivity contribution in [3.63, 3.8) is 0 Å². The van der Waals surface area contributed by atoms with E-state index >= 15 is 0 Å². The van der Waals surface area contributed by atoms with Gasteiger partial charge in [0.25, 0.3) is 0 Å². The maximum absolute atomic E-state index is 5.52. The lowest BCUT2D eigenvalue weighted by Crippen LogP contribution is -2.41. The van der Waals surface area contributed by atoms with E-state index in [4.69, 9.17) is 4.74 Å². The van der Waals surface area contributed by atoms with E-state index in [0.29, 0.717) is 6.04 Å². The van der Waals surface area contributed by atoms with E-state index in [0.717, 1.165) is 6.42 Å². The molecule has 0 saturated heterocycles. The second-order valence-corrected chi connectivity index (χ2v) is 6.66. The molecule has 0 radical (unpaired) electrons. The molecule has 1 atom stereocenters. The molecule has 2 nitrogen and oxygen atoms in total. The SMILES string of the molecule is COC(C)(C)CC(C)NC1(c2ccc(C)cc2)CC1. The summed E-state index contributed by atoms with van der Waals surface area (Å²) in [5.74, 6) is 0. The van der Waals surface area contributed by atoms with Gasteiger partial charge in [-0.15, -0.1) is 0 Å². The standard InChI is InChI=1S/C17H27NO/c1-13-6-8-15(9-7-13)17(10-11-17)18-14(2)12-16(3,4)19-5/h6-9,14,18H,10-12H2,1-5H3. The highest BCUT2D eigenvalue weighted by Crippen LogP contribution is 2.46. The molecule has 1 N–H and O–H groups in total. The van der Waals surface area contributed by atoms with Crippen LogP contribution in [-0.2, 0) is 10.3 Å². The van der Waals surface area contributed by atoms with Gasteiger partial charge in [-0.3, -0.25) is 0 Å². The van der Waals surface area contributed by atoms with E-state index in [2.05, 4.69) is 57.3 Å². The molecule has 1 aromatic carbocycles. The number of methoxy groups -OCH3 is 1. The van der Waals surface area contributed by atoms with Crippen LogP contribution < -0.4 is 5.32 Å². The van der Waals surface area contributed by atoms with Gasteiger partial charge in [0.1, 0.15) is 0 Å². The summed E-state index contributed by atoms with van der Waals surface area (Å²) in [6.45, 7) is 8.70. The summed E-state index contributed by atoms with van der Waals surface area (Å²) in [6.07, 6.45) is 3.51. The van der Waals surface area contributed by atoms with Crippen LogP contribution in [0.25, 0.3) is 0 Å². The van der Waals surface area contributed by atoms with E-state index in [1.807, 2.05) is 0 Å². The maximum atomic E-state index is 5.52. The van der Waals surface area contributed by atoms with Crippen molar-refractivity contribution in [3.8, 4) is 0 Å². The minimum Gasteiger partial charge on any atom is -0.379 e. The van der Waals surface area contributed by atoms with Crippen molar-refractivity contribution >= 4 is 0 Å². The van der Waals surface area contributed by atoms with Gasteiger partial charge in [0.15, 0.2) is 0 Å². The summed E-state index contributed by atoms with van der Waals surface area (Å²) in [5.41, 5.74) is 2.92. The normalized spacial score (nSPS) is 19.2. The molecular formula is C17H27NO. The molecule has 106 valence electrons. The van der Waals surface area contributed by atoms with Gasteiger partial charge >= 0.3 is 0 Å². The van der Waals surface area contributed by atoms with Crippen LogP contribution in [0, 0.1) is 6.92 Å². The first kappa shape index (κ1) is 14.5. The van der Waals surface area contributed by atoms with E-state index in [9.17, 15) is 0 Å². The summed E-state index contributed by atoms with van der Waals surface area (Å²) in [5, 5.41) is 3.81. The molecule has 2 rings (SSSR count). The molecule has 1 aliphatic rings. The molecule has 0 aliphatic heterocycles. The zero-order chi connectivity index (χ0) is 14.1. The Morgan fingerprint density at radius 1 is 1.26 bits per heavy atom. The van der Waals surface area contributed by atoms with Gasteiger partial charge in [-0.25, -0.2) is 0 Å². The molecule has 1 saturated carbocycles. The summed E-state index contributed by atoms with van der Waals surface area (Å²) in [7, 11) is 1.79. The van der Waals surface area contributed by atoms with E-state index < -0.39 is 0 Å². The number of aryl methyl sites for hydroxylation is 1. The number of hydrogen-bond donors (Lipinski definition) is 1. The molecular weight excluding hydrogens is 234 g/mol. The van der Waals surface area contributed by atoms with Crippen LogP contribution in [0.2, 0.25) is 0 Å². The number of nitrogens with one attached hydrogen (secondary N) is 1. The first-order valence-corrected chi connectivity index (χ1v) is 7.27. The third-order valence-corrected chi connectivity index (χ3v) is 4.23. The van der Waals surface area contributed by atoms with E-state index in [1.54, 1.807) is 7.11 Å². The van der Waals surface area contributed by atoms with Crippen LogP contribution in [0.1, 0.15) is 51.2 Å². The monoisotopic (exact) mass is 261 g/mol. The molecule has 0 aromatic heterocycles. The maximum Gasteiger partial charge on any atom is 0.0637 e. The zero-order valence-electron chi connectivity index (χ0n) is 12.9. The number of benzene rings is 1. The average molecular weight is 261 g/mol. The quantitative estimate of drug-likeness (QED) is 0.841. The van der Waals surface area contributed by atoms with Crippen LogP contribution in [-0.4, -0.2) is 18.8 Å². The lowest BCUT2D eigenvalue weighted by Gasteiger charge is -2.30. The van der Waals surface area contributed by atoms with Crippen molar-refractivity contribution in [3.05, 3.63) is 35.4 Å². The Morgan fingerprint density at radius 3 is 2.32 bits per heavy atom. The van der Waals surface area contributed by atoms with Gasteiger partial charge in [-0.05, 0) is 52.5 Å². The molecule has 0 amide bonds. The predicted octanol–water partition coefficient (Wildman–Crippen LogP) is 3.78. The Balaban J connectivity index is 2.00. The zero-order valence-corrected chi connectivity index (χ0v) is 12.9. The third-order valence-electron chi connectivity index (χ3n) is 4.23. The smallest absolute Gasteiger partial charge is 0.0637 e. The van der Waals surface area contributed by atoms with E-state index in [1.165, 1.54) is 24.0 Å². The van der Waals surface area contributed by atoms with Crippen LogP contribution >= 0.6 is 0 Å². The molecule has 1 fully saturated rings. The van der Waals surface area contributed by atoms with Gasteiger partial charge in [0, 0.05) is 18.7 Å². The molecule has 19 heavy (non-hydrogen) atoms. The second-order valence-electron chi connectivity index (χ2n) is 6.66. The van der Waals surface area contributed by atoms with Crippen molar-refractivity contribution < 1.29 is 4.74 Å². The lowest BCUT2D eigenvalue weighted by atomic mass is 9.97. The van der Waals surface area contributed by atoms with Crippen molar-refractivity contribution in [1.82, 2.24) is 5.32 Å². The Bertz CT molecular complexity index is 417. The fraction of sp³-hybridized carbons (Fsp3) is 0.647. The van der Waals surface area contributed by atoms with E-state index in [-0.39, 0.29) is 11.1 Å². The van der Waals surface area contributed by atoms with Crippen molar-refractivity contribution in [2.75, 3.05) is 7.11 Å². The van der Waals surface area contributed by atoms with Gasteiger partial charge in [-0.2, -0.15) is 0 Å². The highest BCUT2D eigenvalue weighted by Gasteiger charge is 2.45. The molecule has 1 unspecified atom stereocenters. The molecule has 2 heteroatoms. The predicted molar refractivity (Wildman–Crippen MR) is 80.4 cm³/mol. The molecule has 0 bridgehead atoms. The minimum atomic E-state index is -0.0597. The fourth-order valence-corrected chi connectivity index (χ4v) is 2.86. The molecule has 1 aromatic rings. The lowest BCUT2D eigenvalue weighted by molar-refractivity contribution is 0.00730. The topological polar surface area (TPSA) is 21.3 Å². The van der Waals surface area contributed by atoms with Gasteiger partial charge in [-0.1, -0.05) is 29.8 Å². The van der Waals surface area contributed by atoms with Crippen LogP contribution in [0.3, 0.4) is 0 Å². The summed E-state index contributed by atoms with van der Waals surface area (Å²) < 4.78 is 5.52. The molecule has 1 aliphatic carbocycles. The largest absolute Gasteiger partial charge is 0.379 e. The number of rotatable bonds is 6. The van der Waals surface area contributed by atoms with Gasteiger partial charge in [0.05, 0.1) is 5.60 Å². The van der Waals surface area contributed by atoms with Crippen LogP contribution in [0.15, 0.2) is 24.3 Å². The van der Waals surface area contributed by atoms with Crippen molar-refractivity contribution in [2.45, 2.75) is 64.1 Å². The second kappa shape index (κ2) is 5.26. The number of hydrogen-bond acceptors (Lipinski definition) is 2. The Labute approximate surface area is 117 Å². The summed E-state index contributed by atoms with van der Waals surface area (Å²) in [4.78, 5) is 0. The Hall–Kier alpha value is -0.860. The van der Waals surface area contributed by atoms with Gasteiger partial charge < -0.3 is 10.1 Å². The number of ether oxygens (including phenoxy) is 1. The van der Waals surface area contributed by atoms with Crippen LogP contribution in [0.5, 0.6) is 0 Å². The first-order valence-electron chi connectivity index (χ1n) is 7.27. The Morgan fingerprint density at radius 2 is 1.84 bits per heavy atom. The summed E-state index contributed by atoms with van der Waals surface area (Å²) in [6, 6.07) is 9.41. The first-order chi connectivity index (χ1) is 8.87. The highest BCUT2D eigenvalue weighted by molar-refractivity contribution is 5.32. The van der Waals surface area contributed by atoms with Crippen molar-refractivity contribution in [1.29, 1.82) is 0 Å². The van der Waals surface area contributed by atoms with Gasteiger partial charge in [0.2, 0.25) is 0 Å². The Kier molecular flexibility index (Phi) is 4.03. The third kappa shape index (κ3) is 3.58. The molecule has 0 spiro atoms. The van der Waals surface area contributed by atoms with Crippen LogP contribution in [0.4, 0.5) is 0 Å². The fourth-order valence-electron chi connectivity index (χ4n) is 2.86. The minimum absolute atomic E-state index is 0.0597. The summed E-state index contributed by atoms with van der Waals surface area (Å²) >= 11 is 0.